The van der Waals surface area contributed by atoms with Crippen LogP contribution in [0, 0.1) is 12.8 Å². The summed E-state index contributed by atoms with van der Waals surface area (Å²) in [6.07, 6.45) is 3.38. The molecule has 0 N–H and O–H groups in total. The second kappa shape index (κ2) is 5.25. The molecule has 1 amide bonds. The Bertz CT molecular complexity index is 408. The van der Waals surface area contributed by atoms with Gasteiger partial charge in [0.05, 0.1) is 6.67 Å². The van der Waals surface area contributed by atoms with Gasteiger partial charge in [-0.25, -0.2) is 0 Å². The van der Waals surface area contributed by atoms with Crippen molar-refractivity contribution in [3.8, 4) is 0 Å². The second-order valence-electron chi connectivity index (χ2n) is 4.58. The van der Waals surface area contributed by atoms with Crippen LogP contribution >= 0.6 is 0 Å². The lowest BCUT2D eigenvalue weighted by Gasteiger charge is -2.31. The van der Waals surface area contributed by atoms with E-state index in [0.29, 0.717) is 18.8 Å². The third kappa shape index (κ3) is 2.62. The standard InChI is InChI=1S/C13H17FN2O/c1-10-4-2-6-15-12(10)13(17)16-7-3-5-11(8-14)9-16/h2,4,6,11H,3,5,7-9H2,1H3. The molecule has 4 heteroatoms. The highest BCUT2D eigenvalue weighted by molar-refractivity contribution is 5.93. The largest absolute Gasteiger partial charge is 0.337 e. The van der Waals surface area contributed by atoms with E-state index in [1.54, 1.807) is 11.1 Å². The van der Waals surface area contributed by atoms with Crippen LogP contribution in [-0.4, -0.2) is 35.6 Å². The molecule has 1 saturated heterocycles. The topological polar surface area (TPSA) is 33.2 Å². The van der Waals surface area contributed by atoms with E-state index in [1.165, 1.54) is 0 Å². The van der Waals surface area contributed by atoms with Crippen LogP contribution in [0.4, 0.5) is 4.39 Å². The molecule has 0 spiro atoms. The van der Waals surface area contributed by atoms with Gasteiger partial charge < -0.3 is 4.90 Å². The van der Waals surface area contributed by atoms with Crippen molar-refractivity contribution in [2.24, 2.45) is 5.92 Å². The number of hydrogen-bond donors (Lipinski definition) is 0. The molecule has 92 valence electrons. The summed E-state index contributed by atoms with van der Waals surface area (Å²) in [6.45, 7) is 2.76. The number of rotatable bonds is 2. The summed E-state index contributed by atoms with van der Waals surface area (Å²) < 4.78 is 12.6. The molecule has 0 bridgehead atoms. The molecule has 1 aliphatic heterocycles. The molecular weight excluding hydrogens is 219 g/mol. The smallest absolute Gasteiger partial charge is 0.272 e. The van der Waals surface area contributed by atoms with E-state index in [9.17, 15) is 9.18 Å². The third-order valence-electron chi connectivity index (χ3n) is 3.24. The highest BCUT2D eigenvalue weighted by Crippen LogP contribution is 2.19. The molecule has 0 saturated carbocycles. The maximum Gasteiger partial charge on any atom is 0.272 e. The second-order valence-corrected chi connectivity index (χ2v) is 4.58. The number of piperidine rings is 1. The fraction of sp³-hybridized carbons (Fsp3) is 0.538. The van der Waals surface area contributed by atoms with E-state index >= 15 is 0 Å². The number of alkyl halides is 1. The Morgan fingerprint density at radius 2 is 2.47 bits per heavy atom. The van der Waals surface area contributed by atoms with Crippen LogP contribution in [0.3, 0.4) is 0 Å². The Balaban J connectivity index is 2.12. The van der Waals surface area contributed by atoms with Crippen molar-refractivity contribution in [2.75, 3.05) is 19.8 Å². The van der Waals surface area contributed by atoms with Gasteiger partial charge in [-0.05, 0) is 31.4 Å². The van der Waals surface area contributed by atoms with E-state index in [4.69, 9.17) is 0 Å². The summed E-state index contributed by atoms with van der Waals surface area (Å²) in [7, 11) is 0. The van der Waals surface area contributed by atoms with Gasteiger partial charge in [-0.2, -0.15) is 0 Å². The van der Waals surface area contributed by atoms with Crippen molar-refractivity contribution in [1.29, 1.82) is 0 Å². The predicted octanol–water partition coefficient (Wildman–Crippen LogP) is 2.21. The molecule has 17 heavy (non-hydrogen) atoms. The highest BCUT2D eigenvalue weighted by Gasteiger charge is 2.25. The van der Waals surface area contributed by atoms with Gasteiger partial charge in [-0.15, -0.1) is 0 Å². The van der Waals surface area contributed by atoms with Crippen molar-refractivity contribution in [3.05, 3.63) is 29.6 Å². The van der Waals surface area contributed by atoms with Crippen LogP contribution < -0.4 is 0 Å². The number of likely N-dealkylation sites (tertiary alicyclic amines) is 1. The summed E-state index contributed by atoms with van der Waals surface area (Å²) >= 11 is 0. The lowest BCUT2D eigenvalue weighted by atomic mass is 9.99. The molecule has 0 aliphatic carbocycles. The van der Waals surface area contributed by atoms with Crippen LogP contribution in [0.2, 0.25) is 0 Å². The van der Waals surface area contributed by atoms with E-state index in [0.717, 1.165) is 18.4 Å². The van der Waals surface area contributed by atoms with Gasteiger partial charge >= 0.3 is 0 Å². The summed E-state index contributed by atoms with van der Waals surface area (Å²) in [5.41, 5.74) is 1.37. The van der Waals surface area contributed by atoms with E-state index in [-0.39, 0.29) is 18.5 Å². The Kier molecular flexibility index (Phi) is 3.71. The first-order chi connectivity index (χ1) is 8.22. The van der Waals surface area contributed by atoms with Crippen molar-refractivity contribution in [1.82, 2.24) is 9.88 Å². The number of carbonyl (C=O) groups is 1. The monoisotopic (exact) mass is 236 g/mol. The molecule has 1 unspecified atom stereocenters. The van der Waals surface area contributed by atoms with Gasteiger partial charge in [0.2, 0.25) is 0 Å². The van der Waals surface area contributed by atoms with Crippen LogP contribution in [0.1, 0.15) is 28.9 Å². The molecular formula is C13H17FN2O. The summed E-state index contributed by atoms with van der Waals surface area (Å²) in [4.78, 5) is 18.1. The molecule has 1 aromatic rings. The van der Waals surface area contributed by atoms with E-state index in [1.807, 2.05) is 19.1 Å². The van der Waals surface area contributed by atoms with Gasteiger partial charge in [-0.3, -0.25) is 14.2 Å². The zero-order valence-electron chi connectivity index (χ0n) is 10.0. The number of nitrogens with zero attached hydrogens (tertiary/aromatic N) is 2. The number of hydrogen-bond acceptors (Lipinski definition) is 2. The molecule has 0 radical (unpaired) electrons. The van der Waals surface area contributed by atoms with Gasteiger partial charge in [-0.1, -0.05) is 6.07 Å². The quantitative estimate of drug-likeness (QED) is 0.788. The number of amides is 1. The first-order valence-electron chi connectivity index (χ1n) is 5.99. The van der Waals surface area contributed by atoms with Gasteiger partial charge in [0, 0.05) is 25.2 Å². The predicted molar refractivity (Wildman–Crippen MR) is 63.6 cm³/mol. The van der Waals surface area contributed by atoms with Gasteiger partial charge in [0.15, 0.2) is 0 Å². The molecule has 1 fully saturated rings. The molecule has 3 nitrogen and oxygen atoms in total. The van der Waals surface area contributed by atoms with E-state index in [2.05, 4.69) is 4.98 Å². The Morgan fingerprint density at radius 3 is 3.18 bits per heavy atom. The van der Waals surface area contributed by atoms with Crippen LogP contribution in [0.5, 0.6) is 0 Å². The maximum atomic E-state index is 12.6. The summed E-state index contributed by atoms with van der Waals surface area (Å²) in [6, 6.07) is 3.68. The van der Waals surface area contributed by atoms with Gasteiger partial charge in [0.25, 0.3) is 5.91 Å². The number of aromatic nitrogens is 1. The van der Waals surface area contributed by atoms with E-state index < -0.39 is 0 Å². The fourth-order valence-electron chi connectivity index (χ4n) is 2.23. The molecule has 2 rings (SSSR count). The minimum absolute atomic E-state index is 0.00304. The first kappa shape index (κ1) is 12.0. The van der Waals surface area contributed by atoms with Gasteiger partial charge in [0.1, 0.15) is 5.69 Å². The summed E-state index contributed by atoms with van der Waals surface area (Å²) in [5.74, 6) is -0.0713. The van der Waals surface area contributed by atoms with Crippen LogP contribution in [-0.2, 0) is 0 Å². The van der Waals surface area contributed by atoms with Crippen LogP contribution in [0.15, 0.2) is 18.3 Å². The fourth-order valence-corrected chi connectivity index (χ4v) is 2.23. The molecule has 1 aliphatic rings. The first-order valence-corrected chi connectivity index (χ1v) is 5.99. The molecule has 1 atom stereocenters. The zero-order chi connectivity index (χ0) is 12.3. The van der Waals surface area contributed by atoms with Crippen molar-refractivity contribution in [3.63, 3.8) is 0 Å². The van der Waals surface area contributed by atoms with Crippen molar-refractivity contribution in [2.45, 2.75) is 19.8 Å². The minimum atomic E-state index is -0.342. The molecule has 1 aromatic heterocycles. The molecule has 2 heterocycles. The zero-order valence-corrected chi connectivity index (χ0v) is 10.0. The Hall–Kier alpha value is -1.45. The Labute approximate surface area is 101 Å². The average molecular weight is 236 g/mol. The van der Waals surface area contributed by atoms with Crippen LogP contribution in [0.25, 0.3) is 0 Å². The molecule has 0 aromatic carbocycles. The maximum absolute atomic E-state index is 12.6. The lowest BCUT2D eigenvalue weighted by molar-refractivity contribution is 0.0650. The van der Waals surface area contributed by atoms with Crippen molar-refractivity contribution < 1.29 is 9.18 Å². The number of halogens is 1. The minimum Gasteiger partial charge on any atom is -0.337 e. The highest BCUT2D eigenvalue weighted by atomic mass is 19.1. The lowest BCUT2D eigenvalue weighted by Crippen LogP contribution is -2.41. The summed E-state index contributed by atoms with van der Waals surface area (Å²) in [5, 5.41) is 0. The average Bonchev–Trinajstić information content (AvgIpc) is 2.38. The van der Waals surface area contributed by atoms with Crippen molar-refractivity contribution >= 4 is 5.91 Å². The number of carbonyl (C=O) groups excluding carboxylic acids is 1. The normalized spacial score (nSPS) is 20.4. The Morgan fingerprint density at radius 1 is 1.65 bits per heavy atom. The number of aryl methyl sites for hydroxylation is 1. The number of pyridine rings is 1. The SMILES string of the molecule is Cc1cccnc1C(=O)N1CCCC(CF)C1. The third-order valence-corrected chi connectivity index (χ3v) is 3.24.